The second-order valence-corrected chi connectivity index (χ2v) is 29.0. The minimum absolute atomic E-state index is 1.34. The second-order valence-electron chi connectivity index (χ2n) is 3.99. The van der Waals surface area contributed by atoms with Gasteiger partial charge in [-0.25, -0.2) is 0 Å². The maximum absolute atomic E-state index is 9.75. The molecule has 0 heterocycles. The average Bonchev–Trinajstić information content (AvgIpc) is 1.41. The molecule has 0 aromatic rings. The van der Waals surface area contributed by atoms with Crippen LogP contribution < -0.4 is 0 Å². The summed E-state index contributed by atoms with van der Waals surface area (Å²) in [7, 11) is -12.0. The van der Waals surface area contributed by atoms with Crippen LogP contribution in [0.5, 0.6) is 0 Å². The molecule has 0 N–H and O–H groups in total. The number of rotatable bonds is 0. The molecule has 0 spiro atoms. The van der Waals surface area contributed by atoms with Crippen molar-refractivity contribution in [3.63, 3.8) is 0 Å². The average molecular weight is 472 g/mol. The molecule has 0 aliphatic heterocycles. The van der Waals surface area contributed by atoms with Gasteiger partial charge in [0.25, 0.3) is 0 Å². The van der Waals surface area contributed by atoms with E-state index in [2.05, 4.69) is 15.8 Å². The molecule has 0 aliphatic carbocycles. The van der Waals surface area contributed by atoms with E-state index in [0.29, 0.717) is 0 Å². The van der Waals surface area contributed by atoms with Crippen LogP contribution in [0.1, 0.15) is 0 Å². The standard InChI is InChI=1S/4CH3.2BF4.U/c;;;;2*2-1(3,4)5;/h4*1H3;;;/q;;;;2*-1;+2. The van der Waals surface area contributed by atoms with Crippen LogP contribution >= 0.6 is 0 Å². The molecule has 0 radical (unpaired) electrons. The molecule has 0 bridgehead atoms. The van der Waals surface area contributed by atoms with E-state index in [9.17, 15) is 34.5 Å². The van der Waals surface area contributed by atoms with E-state index in [1.54, 1.807) is 0 Å². The van der Waals surface area contributed by atoms with Gasteiger partial charge in [0.1, 0.15) is 0 Å². The summed E-state index contributed by atoms with van der Waals surface area (Å²) >= 11 is -1.34. The second kappa shape index (κ2) is 7.82. The Bertz CT molecular complexity index is 99.7. The molecule has 11 heteroatoms. The summed E-state index contributed by atoms with van der Waals surface area (Å²) in [4.78, 5) is 0. The summed E-state index contributed by atoms with van der Waals surface area (Å²) in [5, 5.41) is 0. The SMILES string of the molecule is F[B-](F)(F)F.F[B-](F)(F)F.[CH3][U+2]([CH3])([CH3])[CH3]. The van der Waals surface area contributed by atoms with Crippen LogP contribution in [-0.4, -0.2) is 14.5 Å². The number of halogens is 8. The molecule has 0 nitrogen and oxygen atoms in total. The fraction of sp³-hybridized carbons (Fsp3) is 1.00. The summed E-state index contributed by atoms with van der Waals surface area (Å²) in [5.74, 6) is 0. The van der Waals surface area contributed by atoms with Crippen molar-refractivity contribution < 1.29 is 58.9 Å². The Hall–Kier alpha value is 0.622. The third-order valence-corrected chi connectivity index (χ3v) is 0. The van der Waals surface area contributed by atoms with Gasteiger partial charge in [0.05, 0.1) is 0 Å². The van der Waals surface area contributed by atoms with Gasteiger partial charge >= 0.3 is 54.7 Å². The molecule has 0 aromatic carbocycles. The first-order valence-electron chi connectivity index (χ1n) is 3.75. The Kier molecular flexibility index (Phi) is 10.9. The predicted octanol–water partition coefficient (Wildman–Crippen LogP) is 4.94. The van der Waals surface area contributed by atoms with Gasteiger partial charge in [0.15, 0.2) is 0 Å². The van der Waals surface area contributed by atoms with Crippen LogP contribution in [0.4, 0.5) is 34.5 Å². The summed E-state index contributed by atoms with van der Waals surface area (Å²) in [6.45, 7) is 0. The molecule has 0 saturated heterocycles. The summed E-state index contributed by atoms with van der Waals surface area (Å²) in [5.41, 5.74) is 0. The number of hydrogen-bond acceptors (Lipinski definition) is 0. The Morgan fingerprint density at radius 1 is 0.533 bits per heavy atom. The van der Waals surface area contributed by atoms with Crippen LogP contribution in [0.25, 0.3) is 0 Å². The Morgan fingerprint density at radius 3 is 0.533 bits per heavy atom. The third-order valence-electron chi connectivity index (χ3n) is 0. The van der Waals surface area contributed by atoms with E-state index in [1.807, 2.05) is 0 Å². The fourth-order valence-corrected chi connectivity index (χ4v) is 0. The topological polar surface area (TPSA) is 0 Å². The molecule has 0 atom stereocenters. The monoisotopic (exact) mass is 472 g/mol. The van der Waals surface area contributed by atoms with E-state index < -0.39 is 38.9 Å². The first kappa shape index (κ1) is 21.0. The molecule has 0 saturated carbocycles. The van der Waals surface area contributed by atoms with Crippen molar-refractivity contribution in [3.8, 4) is 0 Å². The van der Waals surface area contributed by atoms with Crippen molar-refractivity contribution in [1.29, 1.82) is 0 Å². The molecule has 0 amide bonds. The van der Waals surface area contributed by atoms with Crippen LogP contribution in [0, 0.1) is 24.4 Å². The molecule has 15 heavy (non-hydrogen) atoms. The van der Waals surface area contributed by atoms with Crippen molar-refractivity contribution in [2.24, 2.45) is 0 Å². The first-order valence-corrected chi connectivity index (χ1v) is 20.4. The summed E-state index contributed by atoms with van der Waals surface area (Å²) < 4.78 is 87.7. The summed E-state index contributed by atoms with van der Waals surface area (Å²) in [6.07, 6.45) is 0. The molecule has 0 fully saturated rings. The molecule has 0 unspecified atom stereocenters. The predicted molar refractivity (Wildman–Crippen MR) is 43.8 cm³/mol. The van der Waals surface area contributed by atoms with Gasteiger partial charge in [-0.15, -0.1) is 0 Å². The van der Waals surface area contributed by atoms with Crippen molar-refractivity contribution >= 4 is 14.5 Å². The molecule has 0 rings (SSSR count). The van der Waals surface area contributed by atoms with Crippen molar-refractivity contribution in [1.82, 2.24) is 0 Å². The fourth-order valence-electron chi connectivity index (χ4n) is 0. The van der Waals surface area contributed by atoms with Gasteiger partial charge in [-0.2, -0.15) is 0 Å². The molecule has 0 aromatic heterocycles. The minimum atomic E-state index is -6.00. The van der Waals surface area contributed by atoms with Gasteiger partial charge in [-0.05, 0) is 0 Å². The zero-order valence-corrected chi connectivity index (χ0v) is 12.8. The molecule has 94 valence electrons. The molecular formula is C4H12B2F8U. The van der Waals surface area contributed by atoms with E-state index >= 15 is 0 Å². The first-order chi connectivity index (χ1) is 6.00. The van der Waals surface area contributed by atoms with Gasteiger partial charge in [0.2, 0.25) is 0 Å². The van der Waals surface area contributed by atoms with Gasteiger partial charge < -0.3 is 34.5 Å². The molecular weight excluding hydrogens is 460 g/mol. The Morgan fingerprint density at radius 2 is 0.533 bits per heavy atom. The van der Waals surface area contributed by atoms with Gasteiger partial charge in [-0.1, -0.05) is 0 Å². The third kappa shape index (κ3) is 6020. The quantitative estimate of drug-likeness (QED) is 0.347. The van der Waals surface area contributed by atoms with E-state index in [0.717, 1.165) is 0 Å². The van der Waals surface area contributed by atoms with Crippen LogP contribution in [0.2, 0.25) is 15.8 Å². The Labute approximate surface area is 89.1 Å². The van der Waals surface area contributed by atoms with E-state index in [4.69, 9.17) is 0 Å². The van der Waals surface area contributed by atoms with Crippen molar-refractivity contribution in [2.45, 2.75) is 15.8 Å². The van der Waals surface area contributed by atoms with Crippen LogP contribution in [0.15, 0.2) is 0 Å². The van der Waals surface area contributed by atoms with Gasteiger partial charge in [-0.3, -0.25) is 0 Å². The maximum atomic E-state index is 9.75. The van der Waals surface area contributed by atoms with E-state index in [-0.39, 0.29) is 0 Å². The zero-order chi connectivity index (χ0) is 13.5. The van der Waals surface area contributed by atoms with Gasteiger partial charge in [0, 0.05) is 0 Å². The molecule has 0 aliphatic rings. The van der Waals surface area contributed by atoms with Crippen LogP contribution in [0.3, 0.4) is 0 Å². The van der Waals surface area contributed by atoms with Crippen LogP contribution in [-0.2, 0) is 0 Å². The Balaban J connectivity index is -0.000000144. The number of hydrogen-bond donors (Lipinski definition) is 0. The zero-order valence-electron chi connectivity index (χ0n) is 8.68. The normalized spacial score (nSPS) is 12.0. The van der Waals surface area contributed by atoms with Crippen molar-refractivity contribution in [3.05, 3.63) is 0 Å². The van der Waals surface area contributed by atoms with Crippen molar-refractivity contribution in [2.75, 3.05) is 0 Å². The summed E-state index contributed by atoms with van der Waals surface area (Å²) in [6, 6.07) is 0. The van der Waals surface area contributed by atoms with E-state index in [1.165, 1.54) is 0 Å².